The fraction of sp³-hybridized carbons (Fsp3) is 0.125. The molecule has 0 atom stereocenters. The summed E-state index contributed by atoms with van der Waals surface area (Å²) >= 11 is 0. The van der Waals surface area contributed by atoms with E-state index >= 15 is 0 Å². The maximum atomic E-state index is 2.34. The quantitative estimate of drug-likeness (QED) is 0.591. The molecule has 1 aromatic rings. The van der Waals surface area contributed by atoms with Crippen LogP contribution in [0.4, 0.5) is 0 Å². The van der Waals surface area contributed by atoms with Crippen LogP contribution in [0.3, 0.4) is 0 Å². The Morgan fingerprint density at radius 1 is 0.875 bits per heavy atom. The predicted molar refractivity (Wildman–Crippen MR) is 69.9 cm³/mol. The van der Waals surface area contributed by atoms with E-state index < -0.39 is 0 Å². The van der Waals surface area contributed by atoms with Crippen molar-refractivity contribution in [3.63, 3.8) is 0 Å². The Morgan fingerprint density at radius 2 is 1.69 bits per heavy atom. The molecule has 0 unspecified atom stereocenters. The maximum Gasteiger partial charge on any atom is -0.00604 e. The minimum Gasteiger partial charge on any atom is -0.0804 e. The number of benzene rings is 1. The second kappa shape index (κ2) is 3.97. The first kappa shape index (κ1) is 9.41. The van der Waals surface area contributed by atoms with Gasteiger partial charge in [0.1, 0.15) is 0 Å². The Balaban J connectivity index is 2.19. The standard InChI is InChI=1S/C16H14/c1-2-6-13-10-14(7-3-1)12-16-9-5-4-8-15(16)11-13/h1-6,8-9,11-12H,7,10H2/b3-1-,6-2-. The van der Waals surface area contributed by atoms with Crippen molar-refractivity contribution in [1.82, 2.24) is 0 Å². The molecule has 0 spiro atoms. The molecule has 0 saturated heterocycles. The van der Waals surface area contributed by atoms with Crippen LogP contribution < -0.4 is 0 Å². The van der Waals surface area contributed by atoms with E-state index in [4.69, 9.17) is 0 Å². The number of allylic oxidation sites excluding steroid dienone is 6. The average molecular weight is 206 g/mol. The van der Waals surface area contributed by atoms with E-state index in [1.807, 2.05) is 0 Å². The molecule has 2 aliphatic rings. The second-order valence-corrected chi connectivity index (χ2v) is 4.32. The van der Waals surface area contributed by atoms with Crippen molar-refractivity contribution < 1.29 is 0 Å². The Hall–Kier alpha value is -1.82. The number of hydrogen-bond acceptors (Lipinski definition) is 0. The topological polar surface area (TPSA) is 0 Å². The summed E-state index contributed by atoms with van der Waals surface area (Å²) in [5, 5.41) is 0. The SMILES string of the molecule is C1=C2/C=C\C=C/CC(=Cc3ccccc31)C2. The molecule has 1 aromatic carbocycles. The first-order valence-corrected chi connectivity index (χ1v) is 5.74. The van der Waals surface area contributed by atoms with Crippen LogP contribution in [0.1, 0.15) is 24.0 Å². The summed E-state index contributed by atoms with van der Waals surface area (Å²) in [4.78, 5) is 0. The highest BCUT2D eigenvalue weighted by molar-refractivity contribution is 5.72. The van der Waals surface area contributed by atoms with E-state index in [1.165, 1.54) is 22.3 Å². The monoisotopic (exact) mass is 206 g/mol. The van der Waals surface area contributed by atoms with E-state index in [1.54, 1.807) is 0 Å². The summed E-state index contributed by atoms with van der Waals surface area (Å²) in [5.41, 5.74) is 5.58. The molecule has 0 heteroatoms. The lowest BCUT2D eigenvalue weighted by atomic mass is 10.0. The van der Waals surface area contributed by atoms with Crippen molar-refractivity contribution in [3.8, 4) is 0 Å². The summed E-state index contributed by atoms with van der Waals surface area (Å²) in [6.07, 6.45) is 15.5. The van der Waals surface area contributed by atoms with Gasteiger partial charge in [-0.2, -0.15) is 0 Å². The van der Waals surface area contributed by atoms with Gasteiger partial charge >= 0.3 is 0 Å². The van der Waals surface area contributed by atoms with Gasteiger partial charge < -0.3 is 0 Å². The molecule has 78 valence electrons. The van der Waals surface area contributed by atoms with Gasteiger partial charge in [0, 0.05) is 0 Å². The third-order valence-corrected chi connectivity index (χ3v) is 3.07. The van der Waals surface area contributed by atoms with E-state index in [2.05, 4.69) is 60.7 Å². The summed E-state index contributed by atoms with van der Waals surface area (Å²) in [6.45, 7) is 0. The zero-order chi connectivity index (χ0) is 10.8. The Bertz CT molecular complexity index is 525. The van der Waals surface area contributed by atoms with Gasteiger partial charge in [-0.3, -0.25) is 0 Å². The fourth-order valence-corrected chi connectivity index (χ4v) is 2.27. The first-order valence-electron chi connectivity index (χ1n) is 5.74. The van der Waals surface area contributed by atoms with Gasteiger partial charge in [-0.25, -0.2) is 0 Å². The lowest BCUT2D eigenvalue weighted by molar-refractivity contribution is 1.09. The molecular weight excluding hydrogens is 192 g/mol. The highest BCUT2D eigenvalue weighted by Crippen LogP contribution is 2.28. The molecule has 0 fully saturated rings. The average Bonchev–Trinajstić information content (AvgIpc) is 2.45. The van der Waals surface area contributed by atoms with Gasteiger partial charge in [0.25, 0.3) is 0 Å². The zero-order valence-corrected chi connectivity index (χ0v) is 9.19. The molecule has 0 aromatic heterocycles. The van der Waals surface area contributed by atoms with Gasteiger partial charge in [-0.1, -0.05) is 66.3 Å². The molecule has 0 N–H and O–H groups in total. The molecule has 0 heterocycles. The Labute approximate surface area is 96.3 Å². The normalized spacial score (nSPS) is 21.8. The van der Waals surface area contributed by atoms with Crippen molar-refractivity contribution in [2.75, 3.05) is 0 Å². The number of hydrogen-bond donors (Lipinski definition) is 0. The molecule has 0 saturated carbocycles. The van der Waals surface area contributed by atoms with Gasteiger partial charge in [-0.15, -0.1) is 0 Å². The molecule has 2 bridgehead atoms. The van der Waals surface area contributed by atoms with E-state index in [0.717, 1.165) is 12.8 Å². The van der Waals surface area contributed by atoms with Crippen LogP contribution in [0.15, 0.2) is 59.7 Å². The molecule has 0 nitrogen and oxygen atoms in total. The molecule has 0 amide bonds. The van der Waals surface area contributed by atoms with E-state index in [9.17, 15) is 0 Å². The molecular formula is C16H14. The van der Waals surface area contributed by atoms with Gasteiger partial charge in [0.05, 0.1) is 0 Å². The van der Waals surface area contributed by atoms with Crippen LogP contribution in [-0.2, 0) is 0 Å². The van der Waals surface area contributed by atoms with Gasteiger partial charge in [-0.05, 0) is 29.5 Å². The second-order valence-electron chi connectivity index (χ2n) is 4.32. The lowest BCUT2D eigenvalue weighted by Crippen LogP contribution is -1.85. The highest BCUT2D eigenvalue weighted by Gasteiger charge is 2.08. The van der Waals surface area contributed by atoms with Crippen LogP contribution in [0.5, 0.6) is 0 Å². The van der Waals surface area contributed by atoms with Gasteiger partial charge in [0.2, 0.25) is 0 Å². The predicted octanol–water partition coefficient (Wildman–Crippen LogP) is 4.37. The third-order valence-electron chi connectivity index (χ3n) is 3.07. The number of fused-ring (bicyclic) bond motifs is 3. The maximum absolute atomic E-state index is 2.34. The summed E-state index contributed by atoms with van der Waals surface area (Å²) in [5.74, 6) is 0. The van der Waals surface area contributed by atoms with Crippen LogP contribution in [0.25, 0.3) is 12.2 Å². The molecule has 16 heavy (non-hydrogen) atoms. The molecule has 0 aliphatic heterocycles. The Kier molecular flexibility index (Phi) is 2.34. The van der Waals surface area contributed by atoms with Crippen LogP contribution in [-0.4, -0.2) is 0 Å². The summed E-state index contributed by atoms with van der Waals surface area (Å²) in [7, 11) is 0. The van der Waals surface area contributed by atoms with Crippen molar-refractivity contribution in [3.05, 3.63) is 70.8 Å². The minimum atomic E-state index is 1.07. The van der Waals surface area contributed by atoms with Crippen molar-refractivity contribution >= 4 is 12.2 Å². The fourth-order valence-electron chi connectivity index (χ4n) is 2.27. The van der Waals surface area contributed by atoms with Crippen molar-refractivity contribution in [2.24, 2.45) is 0 Å². The van der Waals surface area contributed by atoms with Crippen LogP contribution >= 0.6 is 0 Å². The smallest absolute Gasteiger partial charge is 0.00604 e. The minimum absolute atomic E-state index is 1.07. The molecule has 3 rings (SSSR count). The third kappa shape index (κ3) is 1.79. The lowest BCUT2D eigenvalue weighted by Gasteiger charge is -2.05. The highest BCUT2D eigenvalue weighted by atomic mass is 14.1. The van der Waals surface area contributed by atoms with Crippen LogP contribution in [0.2, 0.25) is 0 Å². The zero-order valence-electron chi connectivity index (χ0n) is 9.19. The Morgan fingerprint density at radius 3 is 2.56 bits per heavy atom. The summed E-state index contributed by atoms with van der Waals surface area (Å²) < 4.78 is 0. The van der Waals surface area contributed by atoms with Crippen molar-refractivity contribution in [2.45, 2.75) is 12.8 Å². The molecule has 0 radical (unpaired) electrons. The van der Waals surface area contributed by atoms with Crippen LogP contribution in [0, 0.1) is 0 Å². The largest absolute Gasteiger partial charge is 0.0804 e. The van der Waals surface area contributed by atoms with E-state index in [0.29, 0.717) is 0 Å². The van der Waals surface area contributed by atoms with Gasteiger partial charge in [0.15, 0.2) is 0 Å². The van der Waals surface area contributed by atoms with E-state index in [-0.39, 0.29) is 0 Å². The number of rotatable bonds is 0. The summed E-state index contributed by atoms with van der Waals surface area (Å²) in [6, 6.07) is 8.60. The first-order chi connectivity index (χ1) is 7.92. The molecule has 2 aliphatic carbocycles. The van der Waals surface area contributed by atoms with Crippen molar-refractivity contribution in [1.29, 1.82) is 0 Å².